The summed E-state index contributed by atoms with van der Waals surface area (Å²) in [5, 5.41) is 5.52. The van der Waals surface area contributed by atoms with Crippen molar-refractivity contribution in [1.29, 1.82) is 0 Å². The van der Waals surface area contributed by atoms with Crippen molar-refractivity contribution >= 4 is 17.3 Å². The summed E-state index contributed by atoms with van der Waals surface area (Å²) in [6, 6.07) is 4.27. The van der Waals surface area contributed by atoms with Crippen LogP contribution in [-0.2, 0) is 13.0 Å². The van der Waals surface area contributed by atoms with Crippen LogP contribution >= 0.6 is 11.3 Å². The molecule has 0 atom stereocenters. The monoisotopic (exact) mass is 249 g/mol. The van der Waals surface area contributed by atoms with Crippen LogP contribution in [-0.4, -0.2) is 16.1 Å². The van der Waals surface area contributed by atoms with Crippen molar-refractivity contribution in [2.45, 2.75) is 26.8 Å². The molecule has 0 aliphatic heterocycles. The van der Waals surface area contributed by atoms with Gasteiger partial charge in [-0.2, -0.15) is 0 Å². The summed E-state index contributed by atoms with van der Waals surface area (Å²) < 4.78 is 2.18. The lowest BCUT2D eigenvalue weighted by molar-refractivity contribution is 0.526. The molecule has 0 saturated heterocycles. The summed E-state index contributed by atoms with van der Waals surface area (Å²) in [7, 11) is 0. The molecule has 0 spiro atoms. The maximum Gasteiger partial charge on any atom is 0.202 e. The molecule has 4 heteroatoms. The number of thiophene rings is 1. The lowest BCUT2D eigenvalue weighted by atomic mass is 10.2. The van der Waals surface area contributed by atoms with Gasteiger partial charge in [-0.1, -0.05) is 19.9 Å². The number of rotatable bonds is 6. The highest BCUT2D eigenvalue weighted by atomic mass is 32.1. The average molecular weight is 249 g/mol. The third-order valence-electron chi connectivity index (χ3n) is 2.51. The van der Waals surface area contributed by atoms with E-state index in [4.69, 9.17) is 0 Å². The van der Waals surface area contributed by atoms with E-state index in [1.807, 2.05) is 23.7 Å². The quantitative estimate of drug-likeness (QED) is 0.851. The predicted octanol–water partition coefficient (Wildman–Crippen LogP) is 3.26. The fourth-order valence-electron chi connectivity index (χ4n) is 1.77. The Balaban J connectivity index is 1.84. The Kier molecular flexibility index (Phi) is 4.20. The zero-order valence-electron chi connectivity index (χ0n) is 10.4. The summed E-state index contributed by atoms with van der Waals surface area (Å²) in [6.07, 6.45) is 4.95. The lowest BCUT2D eigenvalue weighted by Crippen LogP contribution is -2.12. The van der Waals surface area contributed by atoms with Crippen molar-refractivity contribution in [2.24, 2.45) is 5.92 Å². The van der Waals surface area contributed by atoms with Crippen molar-refractivity contribution in [1.82, 2.24) is 9.55 Å². The normalized spacial score (nSPS) is 11.0. The molecule has 0 radical (unpaired) electrons. The van der Waals surface area contributed by atoms with E-state index in [2.05, 4.69) is 46.2 Å². The number of hydrogen-bond acceptors (Lipinski definition) is 3. The van der Waals surface area contributed by atoms with E-state index < -0.39 is 0 Å². The van der Waals surface area contributed by atoms with E-state index in [0.717, 1.165) is 25.5 Å². The van der Waals surface area contributed by atoms with Crippen molar-refractivity contribution in [3.05, 3.63) is 34.8 Å². The second-order valence-corrected chi connectivity index (χ2v) is 5.59. The van der Waals surface area contributed by atoms with Gasteiger partial charge >= 0.3 is 0 Å². The molecule has 0 aromatic carbocycles. The van der Waals surface area contributed by atoms with Crippen molar-refractivity contribution < 1.29 is 0 Å². The van der Waals surface area contributed by atoms with E-state index in [1.54, 1.807) is 0 Å². The van der Waals surface area contributed by atoms with Gasteiger partial charge < -0.3 is 9.88 Å². The number of nitrogens with one attached hydrogen (secondary N) is 1. The van der Waals surface area contributed by atoms with Gasteiger partial charge in [0, 0.05) is 30.4 Å². The molecular formula is C13H19N3S. The van der Waals surface area contributed by atoms with Crippen LogP contribution in [0.25, 0.3) is 0 Å². The highest BCUT2D eigenvalue weighted by Crippen LogP contribution is 2.11. The summed E-state index contributed by atoms with van der Waals surface area (Å²) in [5.41, 5.74) is 0. The molecule has 0 amide bonds. The molecule has 1 N–H and O–H groups in total. The topological polar surface area (TPSA) is 29.9 Å². The molecule has 92 valence electrons. The minimum Gasteiger partial charge on any atom is -0.355 e. The van der Waals surface area contributed by atoms with Crippen LogP contribution in [0.1, 0.15) is 18.7 Å². The maximum absolute atomic E-state index is 4.34. The van der Waals surface area contributed by atoms with Gasteiger partial charge in [0.2, 0.25) is 5.95 Å². The Morgan fingerprint density at radius 2 is 2.35 bits per heavy atom. The summed E-state index contributed by atoms with van der Waals surface area (Å²) >= 11 is 1.81. The van der Waals surface area contributed by atoms with Gasteiger partial charge in [-0.3, -0.25) is 0 Å². The van der Waals surface area contributed by atoms with Crippen LogP contribution < -0.4 is 5.32 Å². The van der Waals surface area contributed by atoms with Gasteiger partial charge in [-0.15, -0.1) is 11.3 Å². The fourth-order valence-corrected chi connectivity index (χ4v) is 2.48. The van der Waals surface area contributed by atoms with Gasteiger partial charge in [-0.05, 0) is 23.8 Å². The molecule has 0 unspecified atom stereocenters. The summed E-state index contributed by atoms with van der Waals surface area (Å²) in [4.78, 5) is 5.76. The van der Waals surface area contributed by atoms with E-state index in [0.29, 0.717) is 5.92 Å². The maximum atomic E-state index is 4.34. The SMILES string of the molecule is CC(C)Cn1ccnc1NCCc1cccs1. The Morgan fingerprint density at radius 1 is 1.47 bits per heavy atom. The molecule has 17 heavy (non-hydrogen) atoms. The molecule has 3 nitrogen and oxygen atoms in total. The van der Waals surface area contributed by atoms with Gasteiger partial charge in [0.1, 0.15) is 0 Å². The van der Waals surface area contributed by atoms with Gasteiger partial charge in [0.15, 0.2) is 0 Å². The van der Waals surface area contributed by atoms with Crippen molar-refractivity contribution in [3.8, 4) is 0 Å². The molecule has 2 aromatic heterocycles. The molecule has 0 saturated carbocycles. The van der Waals surface area contributed by atoms with Crippen LogP contribution in [0.2, 0.25) is 0 Å². The molecule has 0 aliphatic rings. The second-order valence-electron chi connectivity index (χ2n) is 4.55. The summed E-state index contributed by atoms with van der Waals surface area (Å²) in [5.74, 6) is 1.62. The molecule has 0 bridgehead atoms. The molecule has 2 rings (SSSR count). The third kappa shape index (κ3) is 3.60. The first kappa shape index (κ1) is 12.2. The molecule has 0 aliphatic carbocycles. The lowest BCUT2D eigenvalue weighted by Gasteiger charge is -2.11. The van der Waals surface area contributed by atoms with E-state index in [9.17, 15) is 0 Å². The van der Waals surface area contributed by atoms with Crippen LogP contribution in [0.5, 0.6) is 0 Å². The number of nitrogens with zero attached hydrogens (tertiary/aromatic N) is 2. The highest BCUT2D eigenvalue weighted by molar-refractivity contribution is 7.09. The van der Waals surface area contributed by atoms with Crippen LogP contribution in [0.4, 0.5) is 5.95 Å². The first-order valence-electron chi connectivity index (χ1n) is 6.03. The first-order valence-corrected chi connectivity index (χ1v) is 6.91. The summed E-state index contributed by atoms with van der Waals surface area (Å²) in [6.45, 7) is 6.39. The van der Waals surface area contributed by atoms with Crippen molar-refractivity contribution in [2.75, 3.05) is 11.9 Å². The van der Waals surface area contributed by atoms with E-state index >= 15 is 0 Å². The molecule has 2 heterocycles. The Hall–Kier alpha value is -1.29. The molecular weight excluding hydrogens is 230 g/mol. The van der Waals surface area contributed by atoms with Crippen LogP contribution in [0.15, 0.2) is 29.9 Å². The smallest absolute Gasteiger partial charge is 0.202 e. The van der Waals surface area contributed by atoms with Gasteiger partial charge in [-0.25, -0.2) is 4.98 Å². The Bertz CT molecular complexity index is 431. The highest BCUT2D eigenvalue weighted by Gasteiger charge is 2.03. The van der Waals surface area contributed by atoms with Crippen LogP contribution in [0.3, 0.4) is 0 Å². The van der Waals surface area contributed by atoms with Gasteiger partial charge in [0.05, 0.1) is 0 Å². The van der Waals surface area contributed by atoms with Crippen molar-refractivity contribution in [3.63, 3.8) is 0 Å². The zero-order chi connectivity index (χ0) is 12.1. The second kappa shape index (κ2) is 5.87. The number of hydrogen-bond donors (Lipinski definition) is 1. The number of anilines is 1. The minimum atomic E-state index is 0.641. The third-order valence-corrected chi connectivity index (χ3v) is 3.45. The number of imidazole rings is 1. The van der Waals surface area contributed by atoms with Crippen LogP contribution in [0, 0.1) is 5.92 Å². The Labute approximate surface area is 107 Å². The van der Waals surface area contributed by atoms with Gasteiger partial charge in [0.25, 0.3) is 0 Å². The predicted molar refractivity (Wildman–Crippen MR) is 73.6 cm³/mol. The standard InChI is InChI=1S/C13H19N3S/c1-11(2)10-16-8-7-15-13(16)14-6-5-12-4-3-9-17-12/h3-4,7-9,11H,5-6,10H2,1-2H3,(H,14,15). The largest absolute Gasteiger partial charge is 0.355 e. The molecule has 2 aromatic rings. The Morgan fingerprint density at radius 3 is 3.06 bits per heavy atom. The average Bonchev–Trinajstić information content (AvgIpc) is 2.90. The number of aromatic nitrogens is 2. The fraction of sp³-hybridized carbons (Fsp3) is 0.462. The van der Waals surface area contributed by atoms with E-state index in [1.165, 1.54) is 4.88 Å². The van der Waals surface area contributed by atoms with E-state index in [-0.39, 0.29) is 0 Å². The molecule has 0 fully saturated rings. The first-order chi connectivity index (χ1) is 8.25. The zero-order valence-corrected chi connectivity index (χ0v) is 11.2. The minimum absolute atomic E-state index is 0.641.